The predicted molar refractivity (Wildman–Crippen MR) is 98.6 cm³/mol. The number of benzene rings is 2. The van der Waals surface area contributed by atoms with Gasteiger partial charge < -0.3 is 18.6 Å². The summed E-state index contributed by atoms with van der Waals surface area (Å²) in [5.74, 6) is 0.308. The number of amides is 1. The number of rotatable bonds is 6. The summed E-state index contributed by atoms with van der Waals surface area (Å²) >= 11 is 0. The molecule has 3 aromatic rings. The molecule has 144 valence electrons. The van der Waals surface area contributed by atoms with Gasteiger partial charge in [-0.2, -0.15) is 0 Å². The normalized spacial score (nSPS) is 10.2. The summed E-state index contributed by atoms with van der Waals surface area (Å²) in [7, 11) is 4.34. The summed E-state index contributed by atoms with van der Waals surface area (Å²) in [5, 5.41) is 10.3. The Hall–Kier alpha value is -3.88. The molecule has 9 nitrogen and oxygen atoms in total. The van der Waals surface area contributed by atoms with Gasteiger partial charge in [-0.15, -0.1) is 5.10 Å². The minimum Gasteiger partial charge on any atom is -0.497 e. The Kier molecular flexibility index (Phi) is 5.54. The van der Waals surface area contributed by atoms with Crippen LogP contribution >= 0.6 is 0 Å². The molecule has 1 amide bonds. The molecule has 0 atom stereocenters. The Balaban J connectivity index is 1.78. The number of aromatic nitrogens is 2. The first-order valence-corrected chi connectivity index (χ1v) is 8.11. The monoisotopic (exact) mass is 383 g/mol. The van der Waals surface area contributed by atoms with Gasteiger partial charge in [-0.25, -0.2) is 4.79 Å². The zero-order valence-electron chi connectivity index (χ0n) is 15.4. The number of ether oxygens (including phenoxy) is 3. The van der Waals surface area contributed by atoms with E-state index in [1.54, 1.807) is 18.2 Å². The molecule has 0 aliphatic carbocycles. The molecule has 3 rings (SSSR count). The van der Waals surface area contributed by atoms with Crippen molar-refractivity contribution in [1.82, 2.24) is 10.2 Å². The van der Waals surface area contributed by atoms with Crippen LogP contribution in [0.3, 0.4) is 0 Å². The second kappa shape index (κ2) is 8.21. The van der Waals surface area contributed by atoms with E-state index >= 15 is 0 Å². The van der Waals surface area contributed by atoms with Gasteiger partial charge in [-0.1, -0.05) is 5.10 Å². The van der Waals surface area contributed by atoms with E-state index < -0.39 is 11.9 Å². The Bertz CT molecular complexity index is 997. The van der Waals surface area contributed by atoms with E-state index in [1.165, 1.54) is 45.6 Å². The first kappa shape index (κ1) is 18.9. The van der Waals surface area contributed by atoms with Crippen molar-refractivity contribution in [2.45, 2.75) is 0 Å². The standard InChI is InChI=1S/C19H17N3O6/c1-25-13-8-9-15(26-2)14(10-13)17-21-22-19(28-17)20-16(23)11-4-6-12(7-5-11)18(24)27-3/h4-10H,1-3H3,(H,20,22,23). The summed E-state index contributed by atoms with van der Waals surface area (Å²) in [4.78, 5) is 23.8. The quantitative estimate of drug-likeness (QED) is 0.647. The Morgan fingerprint density at radius 1 is 0.929 bits per heavy atom. The van der Waals surface area contributed by atoms with E-state index in [4.69, 9.17) is 13.9 Å². The van der Waals surface area contributed by atoms with E-state index in [1.807, 2.05) is 0 Å². The third kappa shape index (κ3) is 3.93. The highest BCUT2D eigenvalue weighted by molar-refractivity contribution is 6.03. The molecule has 1 aromatic heterocycles. The molecule has 0 unspecified atom stereocenters. The van der Waals surface area contributed by atoms with E-state index in [9.17, 15) is 9.59 Å². The van der Waals surface area contributed by atoms with Gasteiger partial charge in [0, 0.05) is 5.56 Å². The smallest absolute Gasteiger partial charge is 0.337 e. The van der Waals surface area contributed by atoms with Crippen LogP contribution in [0.5, 0.6) is 11.5 Å². The molecule has 1 heterocycles. The Morgan fingerprint density at radius 3 is 2.29 bits per heavy atom. The van der Waals surface area contributed by atoms with Crippen LogP contribution in [0.15, 0.2) is 46.9 Å². The molecule has 2 aromatic carbocycles. The zero-order chi connectivity index (χ0) is 20.1. The lowest BCUT2D eigenvalue weighted by Crippen LogP contribution is -2.12. The van der Waals surface area contributed by atoms with Crippen LogP contribution in [-0.2, 0) is 4.74 Å². The average molecular weight is 383 g/mol. The zero-order valence-corrected chi connectivity index (χ0v) is 15.4. The largest absolute Gasteiger partial charge is 0.497 e. The molecular formula is C19H17N3O6. The van der Waals surface area contributed by atoms with Crippen molar-refractivity contribution in [3.8, 4) is 23.0 Å². The van der Waals surface area contributed by atoms with Crippen molar-refractivity contribution < 1.29 is 28.2 Å². The van der Waals surface area contributed by atoms with Crippen molar-refractivity contribution in [3.05, 3.63) is 53.6 Å². The fourth-order valence-corrected chi connectivity index (χ4v) is 2.41. The van der Waals surface area contributed by atoms with Crippen LogP contribution in [0.4, 0.5) is 6.01 Å². The highest BCUT2D eigenvalue weighted by Crippen LogP contribution is 2.33. The fourth-order valence-electron chi connectivity index (χ4n) is 2.41. The van der Waals surface area contributed by atoms with Gasteiger partial charge >= 0.3 is 12.0 Å². The number of carbonyl (C=O) groups excluding carboxylic acids is 2. The van der Waals surface area contributed by atoms with Crippen molar-refractivity contribution in [2.75, 3.05) is 26.6 Å². The molecule has 9 heteroatoms. The Morgan fingerprint density at radius 2 is 1.64 bits per heavy atom. The lowest BCUT2D eigenvalue weighted by molar-refractivity contribution is 0.0600. The van der Waals surface area contributed by atoms with Crippen molar-refractivity contribution in [2.24, 2.45) is 0 Å². The number of esters is 1. The number of nitrogens with one attached hydrogen (secondary N) is 1. The maximum absolute atomic E-state index is 12.3. The second-order valence-corrected chi connectivity index (χ2v) is 5.50. The van der Waals surface area contributed by atoms with Gasteiger partial charge in [0.25, 0.3) is 11.8 Å². The van der Waals surface area contributed by atoms with Gasteiger partial charge in [0.2, 0.25) is 0 Å². The van der Waals surface area contributed by atoms with Crippen LogP contribution < -0.4 is 14.8 Å². The van der Waals surface area contributed by atoms with E-state index in [2.05, 4.69) is 20.3 Å². The van der Waals surface area contributed by atoms with Gasteiger partial charge in [0.1, 0.15) is 11.5 Å². The molecule has 0 aliphatic rings. The summed E-state index contributed by atoms with van der Waals surface area (Å²) < 4.78 is 20.6. The van der Waals surface area contributed by atoms with Crippen LogP contribution in [0.25, 0.3) is 11.5 Å². The molecule has 0 fully saturated rings. The third-order valence-electron chi connectivity index (χ3n) is 3.85. The lowest BCUT2D eigenvalue weighted by atomic mass is 10.1. The topological polar surface area (TPSA) is 113 Å². The van der Waals surface area contributed by atoms with Crippen LogP contribution in [-0.4, -0.2) is 43.4 Å². The minimum atomic E-state index is -0.485. The van der Waals surface area contributed by atoms with E-state index in [-0.39, 0.29) is 11.9 Å². The van der Waals surface area contributed by atoms with Crippen molar-refractivity contribution >= 4 is 17.9 Å². The number of hydrogen-bond donors (Lipinski definition) is 1. The first-order chi connectivity index (χ1) is 13.5. The minimum absolute atomic E-state index is 0.0816. The van der Waals surface area contributed by atoms with Crippen molar-refractivity contribution in [3.63, 3.8) is 0 Å². The number of carbonyl (C=O) groups is 2. The molecule has 1 N–H and O–H groups in total. The van der Waals surface area contributed by atoms with Crippen LogP contribution in [0.2, 0.25) is 0 Å². The molecule has 28 heavy (non-hydrogen) atoms. The highest BCUT2D eigenvalue weighted by atomic mass is 16.5. The SMILES string of the molecule is COC(=O)c1ccc(C(=O)Nc2nnc(-c3cc(OC)ccc3OC)o2)cc1. The number of hydrogen-bond acceptors (Lipinski definition) is 8. The summed E-state index contributed by atoms with van der Waals surface area (Å²) in [6.45, 7) is 0. The maximum Gasteiger partial charge on any atom is 0.337 e. The van der Waals surface area contributed by atoms with E-state index in [0.717, 1.165) is 0 Å². The van der Waals surface area contributed by atoms with Crippen LogP contribution in [0, 0.1) is 0 Å². The molecular weight excluding hydrogens is 366 g/mol. The molecule has 0 aliphatic heterocycles. The number of methoxy groups -OCH3 is 3. The van der Waals surface area contributed by atoms with E-state index in [0.29, 0.717) is 28.2 Å². The lowest BCUT2D eigenvalue weighted by Gasteiger charge is -2.07. The highest BCUT2D eigenvalue weighted by Gasteiger charge is 2.17. The third-order valence-corrected chi connectivity index (χ3v) is 3.85. The number of anilines is 1. The second-order valence-electron chi connectivity index (χ2n) is 5.50. The van der Waals surface area contributed by atoms with Gasteiger partial charge in [0.05, 0.1) is 32.5 Å². The number of nitrogens with zero attached hydrogens (tertiary/aromatic N) is 2. The van der Waals surface area contributed by atoms with Crippen molar-refractivity contribution in [1.29, 1.82) is 0 Å². The maximum atomic E-state index is 12.3. The molecule has 0 saturated heterocycles. The summed E-state index contributed by atoms with van der Waals surface area (Å²) in [5.41, 5.74) is 1.17. The predicted octanol–water partition coefficient (Wildman–Crippen LogP) is 2.79. The van der Waals surface area contributed by atoms with Gasteiger partial charge in [-0.3, -0.25) is 10.1 Å². The molecule has 0 bridgehead atoms. The van der Waals surface area contributed by atoms with Gasteiger partial charge in [-0.05, 0) is 42.5 Å². The molecule has 0 radical (unpaired) electrons. The molecule has 0 saturated carbocycles. The molecule has 0 spiro atoms. The van der Waals surface area contributed by atoms with Crippen LogP contribution in [0.1, 0.15) is 20.7 Å². The Labute approximate surface area is 160 Å². The average Bonchev–Trinajstić information content (AvgIpc) is 3.21. The summed E-state index contributed by atoms with van der Waals surface area (Å²) in [6.07, 6.45) is 0. The van der Waals surface area contributed by atoms with Gasteiger partial charge in [0.15, 0.2) is 0 Å². The fraction of sp³-hybridized carbons (Fsp3) is 0.158. The first-order valence-electron chi connectivity index (χ1n) is 8.11. The summed E-state index contributed by atoms with van der Waals surface area (Å²) in [6, 6.07) is 11.0.